The molecule has 2 rings (SSSR count). The molecular formula is C15H28N2O3. The molecule has 20 heavy (non-hydrogen) atoms. The second-order valence-corrected chi connectivity index (χ2v) is 6.57. The van der Waals surface area contributed by atoms with Gasteiger partial charge in [-0.3, -0.25) is 4.79 Å². The van der Waals surface area contributed by atoms with Gasteiger partial charge in [0.25, 0.3) is 0 Å². The molecule has 116 valence electrons. The van der Waals surface area contributed by atoms with E-state index in [1.807, 2.05) is 0 Å². The fraction of sp³-hybridized carbons (Fsp3) is 0.933. The molecule has 3 atom stereocenters. The van der Waals surface area contributed by atoms with Gasteiger partial charge in [0.2, 0.25) is 0 Å². The van der Waals surface area contributed by atoms with Crippen LogP contribution in [0.1, 0.15) is 38.5 Å². The quantitative estimate of drug-likeness (QED) is 0.769. The third-order valence-electron chi connectivity index (χ3n) is 4.95. The first kappa shape index (κ1) is 15.7. The summed E-state index contributed by atoms with van der Waals surface area (Å²) in [5.41, 5.74) is 5.09. The van der Waals surface area contributed by atoms with E-state index in [0.29, 0.717) is 12.3 Å². The second-order valence-electron chi connectivity index (χ2n) is 6.57. The molecule has 0 aromatic heterocycles. The number of aliphatic carboxylic acids is 1. The summed E-state index contributed by atoms with van der Waals surface area (Å²) >= 11 is 0. The number of ether oxygens (including phenoxy) is 1. The Hall–Kier alpha value is -0.650. The Labute approximate surface area is 121 Å². The summed E-state index contributed by atoms with van der Waals surface area (Å²) in [4.78, 5) is 13.6. The number of carbonyl (C=O) groups is 1. The number of carboxylic acid groups (broad SMARTS) is 1. The number of rotatable bonds is 6. The molecule has 5 nitrogen and oxygen atoms in total. The summed E-state index contributed by atoms with van der Waals surface area (Å²) in [5, 5.41) is 9.31. The smallest absolute Gasteiger partial charge is 0.323 e. The molecule has 0 spiro atoms. The van der Waals surface area contributed by atoms with Crippen LogP contribution in [0.2, 0.25) is 0 Å². The Kier molecular flexibility index (Phi) is 5.41. The molecule has 1 saturated heterocycles. The Morgan fingerprint density at radius 2 is 2.25 bits per heavy atom. The lowest BCUT2D eigenvalue weighted by molar-refractivity contribution is -0.144. The van der Waals surface area contributed by atoms with Crippen molar-refractivity contribution in [3.05, 3.63) is 0 Å². The number of nitrogens with two attached hydrogens (primary N) is 1. The molecular weight excluding hydrogens is 256 g/mol. The Morgan fingerprint density at radius 3 is 2.90 bits per heavy atom. The van der Waals surface area contributed by atoms with Crippen molar-refractivity contribution in [1.29, 1.82) is 0 Å². The van der Waals surface area contributed by atoms with Gasteiger partial charge in [-0.15, -0.1) is 0 Å². The highest BCUT2D eigenvalue weighted by Gasteiger charge is 2.45. The van der Waals surface area contributed by atoms with Gasteiger partial charge in [-0.05, 0) is 57.5 Å². The number of hydrogen-bond donors (Lipinski definition) is 2. The first-order valence-corrected chi connectivity index (χ1v) is 7.81. The van der Waals surface area contributed by atoms with E-state index >= 15 is 0 Å². The van der Waals surface area contributed by atoms with Crippen molar-refractivity contribution < 1.29 is 14.6 Å². The van der Waals surface area contributed by atoms with Crippen molar-refractivity contribution in [3.8, 4) is 0 Å². The Balaban J connectivity index is 1.75. The van der Waals surface area contributed by atoms with Gasteiger partial charge in [-0.2, -0.15) is 0 Å². The monoisotopic (exact) mass is 284 g/mol. The van der Waals surface area contributed by atoms with Crippen molar-refractivity contribution >= 4 is 5.97 Å². The van der Waals surface area contributed by atoms with Gasteiger partial charge in [-0.25, -0.2) is 0 Å². The van der Waals surface area contributed by atoms with Gasteiger partial charge in [0.05, 0.1) is 6.61 Å². The van der Waals surface area contributed by atoms with Crippen LogP contribution in [0.25, 0.3) is 0 Å². The summed E-state index contributed by atoms with van der Waals surface area (Å²) < 4.78 is 5.50. The Bertz CT molecular complexity index is 331. The molecule has 5 heteroatoms. The van der Waals surface area contributed by atoms with E-state index < -0.39 is 11.5 Å². The van der Waals surface area contributed by atoms with Crippen molar-refractivity contribution in [3.63, 3.8) is 0 Å². The van der Waals surface area contributed by atoms with Crippen molar-refractivity contribution in [2.24, 2.45) is 17.6 Å². The maximum atomic E-state index is 11.3. The van der Waals surface area contributed by atoms with E-state index in [0.717, 1.165) is 52.0 Å². The number of nitrogens with zero attached hydrogens (tertiary/aromatic N) is 1. The van der Waals surface area contributed by atoms with Gasteiger partial charge in [0.15, 0.2) is 0 Å². The number of carboxylic acids is 1. The molecule has 0 amide bonds. The van der Waals surface area contributed by atoms with E-state index in [-0.39, 0.29) is 5.92 Å². The van der Waals surface area contributed by atoms with Crippen LogP contribution in [0.3, 0.4) is 0 Å². The van der Waals surface area contributed by atoms with Gasteiger partial charge >= 0.3 is 5.97 Å². The van der Waals surface area contributed by atoms with E-state index in [1.165, 1.54) is 6.42 Å². The lowest BCUT2D eigenvalue weighted by Crippen LogP contribution is -2.51. The molecule has 3 N–H and O–H groups in total. The van der Waals surface area contributed by atoms with Crippen LogP contribution in [0.4, 0.5) is 0 Å². The van der Waals surface area contributed by atoms with Crippen molar-refractivity contribution in [2.45, 2.75) is 44.1 Å². The third-order valence-corrected chi connectivity index (χ3v) is 4.95. The van der Waals surface area contributed by atoms with E-state index in [1.54, 1.807) is 0 Å². The molecule has 1 heterocycles. The average molecular weight is 284 g/mol. The maximum Gasteiger partial charge on any atom is 0.323 e. The largest absolute Gasteiger partial charge is 0.480 e. The van der Waals surface area contributed by atoms with Gasteiger partial charge in [0.1, 0.15) is 5.54 Å². The second kappa shape index (κ2) is 6.87. The predicted molar refractivity (Wildman–Crippen MR) is 77.6 cm³/mol. The van der Waals surface area contributed by atoms with Crippen LogP contribution in [0.15, 0.2) is 0 Å². The van der Waals surface area contributed by atoms with Crippen LogP contribution >= 0.6 is 0 Å². The number of hydrogen-bond acceptors (Lipinski definition) is 4. The minimum atomic E-state index is -0.991. The molecule has 0 aromatic carbocycles. The molecule has 0 bridgehead atoms. The van der Waals surface area contributed by atoms with Crippen LogP contribution in [0.5, 0.6) is 0 Å². The topological polar surface area (TPSA) is 75.8 Å². The normalized spacial score (nSPS) is 34.5. The fourth-order valence-corrected chi connectivity index (χ4v) is 3.65. The van der Waals surface area contributed by atoms with E-state index in [2.05, 4.69) is 11.9 Å². The van der Waals surface area contributed by atoms with E-state index in [9.17, 15) is 9.90 Å². The average Bonchev–Trinajstić information content (AvgIpc) is 2.80. The first-order valence-electron chi connectivity index (χ1n) is 7.81. The van der Waals surface area contributed by atoms with Crippen LogP contribution in [-0.2, 0) is 9.53 Å². The highest BCUT2D eigenvalue weighted by molar-refractivity contribution is 5.79. The zero-order valence-electron chi connectivity index (χ0n) is 12.5. The molecule has 1 aliphatic carbocycles. The zero-order valence-corrected chi connectivity index (χ0v) is 12.5. The summed E-state index contributed by atoms with van der Waals surface area (Å²) in [6.45, 7) is 3.73. The fourth-order valence-electron chi connectivity index (χ4n) is 3.65. The molecule has 1 aliphatic heterocycles. The molecule has 2 aliphatic rings. The van der Waals surface area contributed by atoms with Crippen molar-refractivity contribution in [1.82, 2.24) is 4.90 Å². The highest BCUT2D eigenvalue weighted by Crippen LogP contribution is 2.36. The predicted octanol–water partition coefficient (Wildman–Crippen LogP) is 1.32. The lowest BCUT2D eigenvalue weighted by atomic mass is 9.85. The Morgan fingerprint density at radius 1 is 1.45 bits per heavy atom. The maximum absolute atomic E-state index is 11.3. The summed E-state index contributed by atoms with van der Waals surface area (Å²) in [7, 11) is 2.11. The minimum absolute atomic E-state index is 0.116. The molecule has 0 aromatic rings. The first-order chi connectivity index (χ1) is 9.52. The standard InChI is InChI=1S/C15H28N2O3/c1-17(10-12-4-3-9-20-11-12)8-6-13-5-2-7-15(13,16)14(18)19/h12-13H,2-11,16H2,1H3,(H,18,19). The molecule has 2 fully saturated rings. The highest BCUT2D eigenvalue weighted by atomic mass is 16.5. The summed E-state index contributed by atoms with van der Waals surface area (Å²) in [5.74, 6) is -0.0900. The molecule has 1 saturated carbocycles. The molecule has 0 radical (unpaired) electrons. The van der Waals surface area contributed by atoms with Crippen LogP contribution < -0.4 is 5.73 Å². The van der Waals surface area contributed by atoms with Gasteiger partial charge in [-0.1, -0.05) is 6.42 Å². The van der Waals surface area contributed by atoms with Crippen molar-refractivity contribution in [2.75, 3.05) is 33.4 Å². The van der Waals surface area contributed by atoms with E-state index in [4.69, 9.17) is 10.5 Å². The minimum Gasteiger partial charge on any atom is -0.480 e. The van der Waals surface area contributed by atoms with Gasteiger partial charge in [0, 0.05) is 13.2 Å². The van der Waals surface area contributed by atoms with Crippen LogP contribution in [0, 0.1) is 11.8 Å². The lowest BCUT2D eigenvalue weighted by Gasteiger charge is -2.30. The van der Waals surface area contributed by atoms with Crippen LogP contribution in [-0.4, -0.2) is 54.9 Å². The summed E-state index contributed by atoms with van der Waals surface area (Å²) in [6, 6.07) is 0. The summed E-state index contributed by atoms with van der Waals surface area (Å²) in [6.07, 6.45) is 5.78. The third kappa shape index (κ3) is 3.71. The zero-order chi connectivity index (χ0) is 14.6. The van der Waals surface area contributed by atoms with Gasteiger partial charge < -0.3 is 20.5 Å². The SMILES string of the molecule is CN(CCC1CCCC1(N)C(=O)O)CC1CCCOC1. The molecule has 3 unspecified atom stereocenters.